The van der Waals surface area contributed by atoms with E-state index in [0.717, 1.165) is 16.7 Å². The molecule has 0 fully saturated rings. The molecule has 0 aliphatic rings. The number of nitrogens with zero attached hydrogens (tertiary/aromatic N) is 1. The molecule has 0 spiro atoms. The summed E-state index contributed by atoms with van der Waals surface area (Å²) in [5, 5.41) is 0. The molecule has 0 bridgehead atoms. The van der Waals surface area contributed by atoms with E-state index in [1.165, 1.54) is 12.1 Å². The number of carbonyl (C=O) groups excluding carboxylic acids is 1. The highest BCUT2D eigenvalue weighted by atomic mass is 19.1. The Hall–Kier alpha value is -2.27. The number of benzene rings is 1. The summed E-state index contributed by atoms with van der Waals surface area (Å²) in [6, 6.07) is 6.51. The molecule has 0 saturated heterocycles. The number of hydrogen-bond donors (Lipinski definition) is 2. The monoisotopic (exact) mass is 287 g/mol. The third kappa shape index (κ3) is 3.44. The minimum atomic E-state index is -0.317. The Morgan fingerprint density at radius 3 is 2.57 bits per heavy atom. The van der Waals surface area contributed by atoms with E-state index in [1.54, 1.807) is 24.5 Å². The van der Waals surface area contributed by atoms with Crippen LogP contribution in [-0.4, -0.2) is 10.9 Å². The van der Waals surface area contributed by atoms with Crippen LogP contribution in [-0.2, 0) is 11.2 Å². The quantitative estimate of drug-likeness (QED) is 0.516. The molecule has 3 N–H and O–H groups in total. The molecule has 5 heteroatoms. The molecule has 110 valence electrons. The third-order valence-corrected chi connectivity index (χ3v) is 3.36. The first-order valence-electron chi connectivity index (χ1n) is 6.75. The summed E-state index contributed by atoms with van der Waals surface area (Å²) in [7, 11) is 0. The number of rotatable bonds is 4. The number of carbonyl (C=O) groups is 1. The fourth-order valence-corrected chi connectivity index (χ4v) is 2.37. The van der Waals surface area contributed by atoms with Crippen molar-refractivity contribution in [2.24, 2.45) is 5.84 Å². The maximum absolute atomic E-state index is 13.9. The molecule has 4 nitrogen and oxygen atoms in total. The molecule has 2 rings (SSSR count). The molecule has 0 aliphatic heterocycles. The van der Waals surface area contributed by atoms with Crippen molar-refractivity contribution < 1.29 is 9.18 Å². The van der Waals surface area contributed by atoms with E-state index in [-0.39, 0.29) is 24.1 Å². The van der Waals surface area contributed by atoms with Gasteiger partial charge in [-0.1, -0.05) is 13.8 Å². The van der Waals surface area contributed by atoms with Crippen molar-refractivity contribution in [2.75, 3.05) is 0 Å². The Balaban J connectivity index is 2.64. The standard InChI is InChI=1S/C16H18FN3O/c1-10(2)13-7-12(17)8-14(11-3-5-19-6-4-11)15(13)9-16(21)20-18/h3-8,10H,9,18H2,1-2H3,(H,20,21). The first-order valence-corrected chi connectivity index (χ1v) is 6.75. The normalized spacial score (nSPS) is 10.7. The van der Waals surface area contributed by atoms with Crippen molar-refractivity contribution in [3.8, 4) is 11.1 Å². The minimum Gasteiger partial charge on any atom is -0.294 e. The summed E-state index contributed by atoms with van der Waals surface area (Å²) in [5.41, 5.74) is 5.25. The summed E-state index contributed by atoms with van der Waals surface area (Å²) in [6.45, 7) is 3.93. The van der Waals surface area contributed by atoms with E-state index in [1.807, 2.05) is 13.8 Å². The van der Waals surface area contributed by atoms with Gasteiger partial charge in [-0.3, -0.25) is 15.2 Å². The average Bonchev–Trinajstić information content (AvgIpc) is 2.49. The number of hydrogen-bond acceptors (Lipinski definition) is 3. The van der Waals surface area contributed by atoms with Crippen molar-refractivity contribution in [1.82, 2.24) is 10.4 Å². The lowest BCUT2D eigenvalue weighted by Gasteiger charge is -2.17. The molecular formula is C16H18FN3O. The highest BCUT2D eigenvalue weighted by Crippen LogP contribution is 2.31. The van der Waals surface area contributed by atoms with Crippen molar-refractivity contribution in [1.29, 1.82) is 0 Å². The van der Waals surface area contributed by atoms with Crippen LogP contribution in [0.4, 0.5) is 4.39 Å². The molecule has 1 amide bonds. The van der Waals surface area contributed by atoms with E-state index < -0.39 is 0 Å². The van der Waals surface area contributed by atoms with Gasteiger partial charge in [0.1, 0.15) is 5.82 Å². The van der Waals surface area contributed by atoms with Crippen LogP contribution in [0, 0.1) is 5.82 Å². The number of amides is 1. The van der Waals surface area contributed by atoms with Crippen LogP contribution < -0.4 is 11.3 Å². The molecule has 0 unspecified atom stereocenters. The molecule has 0 radical (unpaired) electrons. The summed E-state index contributed by atoms with van der Waals surface area (Å²) in [6.07, 6.45) is 3.39. The van der Waals surface area contributed by atoms with Gasteiger partial charge in [-0.25, -0.2) is 10.2 Å². The third-order valence-electron chi connectivity index (χ3n) is 3.36. The fourth-order valence-electron chi connectivity index (χ4n) is 2.37. The van der Waals surface area contributed by atoms with Crippen LogP contribution in [0.15, 0.2) is 36.7 Å². The lowest BCUT2D eigenvalue weighted by molar-refractivity contribution is -0.120. The van der Waals surface area contributed by atoms with Crippen molar-refractivity contribution >= 4 is 5.91 Å². The van der Waals surface area contributed by atoms with Crippen molar-refractivity contribution in [2.45, 2.75) is 26.2 Å². The predicted molar refractivity (Wildman–Crippen MR) is 79.8 cm³/mol. The predicted octanol–water partition coefficient (Wildman–Crippen LogP) is 2.54. The molecule has 1 heterocycles. The second-order valence-corrected chi connectivity index (χ2v) is 5.16. The van der Waals surface area contributed by atoms with Gasteiger partial charge in [0.05, 0.1) is 6.42 Å². The Kier molecular flexibility index (Phi) is 4.65. The fraction of sp³-hybridized carbons (Fsp3) is 0.250. The zero-order valence-corrected chi connectivity index (χ0v) is 12.1. The molecule has 21 heavy (non-hydrogen) atoms. The summed E-state index contributed by atoms with van der Waals surface area (Å²) in [5.74, 6) is 4.66. The first-order chi connectivity index (χ1) is 10.0. The molecular weight excluding hydrogens is 269 g/mol. The zero-order valence-electron chi connectivity index (χ0n) is 12.1. The number of nitrogens with one attached hydrogen (secondary N) is 1. The van der Waals surface area contributed by atoms with Crippen LogP contribution in [0.5, 0.6) is 0 Å². The maximum atomic E-state index is 13.9. The Morgan fingerprint density at radius 1 is 1.33 bits per heavy atom. The molecule has 1 aromatic heterocycles. The van der Waals surface area contributed by atoms with Gasteiger partial charge in [0.25, 0.3) is 0 Å². The molecule has 0 atom stereocenters. The molecule has 1 aromatic carbocycles. The molecule has 0 saturated carbocycles. The van der Waals surface area contributed by atoms with Gasteiger partial charge in [-0.2, -0.15) is 0 Å². The van der Waals surface area contributed by atoms with E-state index >= 15 is 0 Å². The van der Waals surface area contributed by atoms with Gasteiger partial charge < -0.3 is 0 Å². The van der Waals surface area contributed by atoms with E-state index in [2.05, 4.69) is 10.4 Å². The molecule has 0 aliphatic carbocycles. The van der Waals surface area contributed by atoms with Crippen LogP contribution >= 0.6 is 0 Å². The Bertz CT molecular complexity index is 641. The molecule has 2 aromatic rings. The second-order valence-electron chi connectivity index (χ2n) is 5.16. The Morgan fingerprint density at radius 2 is 2.00 bits per heavy atom. The highest BCUT2D eigenvalue weighted by Gasteiger charge is 2.17. The lowest BCUT2D eigenvalue weighted by atomic mass is 9.88. The average molecular weight is 287 g/mol. The Labute approximate surface area is 123 Å². The van der Waals surface area contributed by atoms with Crippen LogP contribution in [0.2, 0.25) is 0 Å². The largest absolute Gasteiger partial charge is 0.294 e. The number of aromatic nitrogens is 1. The van der Waals surface area contributed by atoms with E-state index in [0.29, 0.717) is 5.56 Å². The highest BCUT2D eigenvalue weighted by molar-refractivity contribution is 5.82. The minimum absolute atomic E-state index is 0.0989. The van der Waals surface area contributed by atoms with Gasteiger partial charge in [0.2, 0.25) is 5.91 Å². The maximum Gasteiger partial charge on any atom is 0.238 e. The summed E-state index contributed by atoms with van der Waals surface area (Å²) in [4.78, 5) is 15.6. The van der Waals surface area contributed by atoms with Gasteiger partial charge in [-0.15, -0.1) is 0 Å². The summed E-state index contributed by atoms with van der Waals surface area (Å²) < 4.78 is 13.9. The van der Waals surface area contributed by atoms with Crippen LogP contribution in [0.1, 0.15) is 30.9 Å². The number of hydrazine groups is 1. The first kappa shape index (κ1) is 15.1. The van der Waals surface area contributed by atoms with Gasteiger partial charge in [-0.05, 0) is 52.4 Å². The van der Waals surface area contributed by atoms with E-state index in [9.17, 15) is 9.18 Å². The number of halogens is 1. The van der Waals surface area contributed by atoms with Crippen LogP contribution in [0.25, 0.3) is 11.1 Å². The van der Waals surface area contributed by atoms with E-state index in [4.69, 9.17) is 5.84 Å². The SMILES string of the molecule is CC(C)c1cc(F)cc(-c2ccncc2)c1CC(=O)NN. The second kappa shape index (κ2) is 6.45. The smallest absolute Gasteiger partial charge is 0.238 e. The van der Waals surface area contributed by atoms with Gasteiger partial charge in [0, 0.05) is 12.4 Å². The van der Waals surface area contributed by atoms with Crippen LogP contribution in [0.3, 0.4) is 0 Å². The number of pyridine rings is 1. The van der Waals surface area contributed by atoms with Crippen molar-refractivity contribution in [3.63, 3.8) is 0 Å². The van der Waals surface area contributed by atoms with Gasteiger partial charge in [0.15, 0.2) is 0 Å². The topological polar surface area (TPSA) is 68.0 Å². The summed E-state index contributed by atoms with van der Waals surface area (Å²) >= 11 is 0. The lowest BCUT2D eigenvalue weighted by Crippen LogP contribution is -2.32. The van der Waals surface area contributed by atoms with Crippen molar-refractivity contribution in [3.05, 3.63) is 53.6 Å². The number of nitrogens with two attached hydrogens (primary N) is 1. The zero-order chi connectivity index (χ0) is 15.4. The van der Waals surface area contributed by atoms with Gasteiger partial charge >= 0.3 is 0 Å².